The van der Waals surface area contributed by atoms with Crippen LogP contribution in [0.1, 0.15) is 51.9 Å². The number of ether oxygens (including phenoxy) is 1. The molecule has 4 fully saturated rings. The first-order valence-electron chi connectivity index (χ1n) is 8.78. The molecule has 22 heavy (non-hydrogen) atoms. The largest absolute Gasteiger partial charge is 1.00 e. The molecule has 4 rings (SSSR count). The molecule has 0 aliphatic heterocycles. The molecule has 4 aliphatic rings. The molecule has 0 N–H and O–H groups in total. The highest BCUT2D eigenvalue weighted by molar-refractivity contribution is 5.66. The van der Waals surface area contributed by atoms with Crippen LogP contribution in [0.3, 0.4) is 0 Å². The fourth-order valence-corrected chi connectivity index (χ4v) is 5.71. The summed E-state index contributed by atoms with van der Waals surface area (Å²) in [6.45, 7) is 2.77. The Balaban J connectivity index is 0.00000176. The second kappa shape index (κ2) is 6.58. The first-order valence-corrected chi connectivity index (χ1v) is 8.78. The molecule has 4 saturated carbocycles. The first-order chi connectivity index (χ1) is 9.78. The van der Waals surface area contributed by atoms with E-state index in [1.165, 1.54) is 38.5 Å². The van der Waals surface area contributed by atoms with Gasteiger partial charge in [-0.2, -0.15) is 0 Å². The standard InChI is InChI=1S/C18H32NO2.HI/c1-13(20)21-18(6-5-7-19(2,3)4)16-9-14-8-15(11-16)12-17(18)10-14;/h14-17H,5-12H2,1-4H3;1H/q+1;/p-1. The van der Waals surface area contributed by atoms with Gasteiger partial charge in [0.1, 0.15) is 5.60 Å². The summed E-state index contributed by atoms with van der Waals surface area (Å²) in [6.07, 6.45) is 8.93. The van der Waals surface area contributed by atoms with Crippen LogP contribution in [-0.4, -0.2) is 43.7 Å². The van der Waals surface area contributed by atoms with Gasteiger partial charge in [0.25, 0.3) is 0 Å². The molecule has 0 aromatic heterocycles. The van der Waals surface area contributed by atoms with E-state index in [9.17, 15) is 4.79 Å². The van der Waals surface area contributed by atoms with Crippen molar-refractivity contribution < 1.29 is 38.0 Å². The van der Waals surface area contributed by atoms with E-state index in [4.69, 9.17) is 4.74 Å². The molecule has 0 spiro atoms. The highest BCUT2D eigenvalue weighted by Crippen LogP contribution is 2.61. The van der Waals surface area contributed by atoms with E-state index in [1.807, 2.05) is 0 Å². The first kappa shape index (κ1) is 18.5. The Morgan fingerprint density at radius 1 is 1.05 bits per heavy atom. The number of esters is 1. The van der Waals surface area contributed by atoms with Gasteiger partial charge < -0.3 is 33.2 Å². The molecule has 0 radical (unpaired) electrons. The number of nitrogens with zero attached hydrogens (tertiary/aromatic N) is 1. The van der Waals surface area contributed by atoms with Crippen LogP contribution in [0.15, 0.2) is 0 Å². The molecule has 0 amide bonds. The van der Waals surface area contributed by atoms with Gasteiger partial charge in [0.05, 0.1) is 27.7 Å². The summed E-state index contributed by atoms with van der Waals surface area (Å²) in [6, 6.07) is 0. The molecule has 0 unspecified atom stereocenters. The van der Waals surface area contributed by atoms with Crippen molar-refractivity contribution in [3.8, 4) is 0 Å². The predicted octanol–water partition coefficient (Wildman–Crippen LogP) is 0.235. The number of carbonyl (C=O) groups is 1. The third-order valence-corrected chi connectivity index (χ3v) is 6.25. The quantitative estimate of drug-likeness (QED) is 0.361. The normalized spacial score (nSPS) is 39.5. The Morgan fingerprint density at radius 3 is 1.95 bits per heavy atom. The van der Waals surface area contributed by atoms with E-state index in [1.54, 1.807) is 6.92 Å². The van der Waals surface area contributed by atoms with Gasteiger partial charge in [-0.25, -0.2) is 0 Å². The van der Waals surface area contributed by atoms with E-state index in [-0.39, 0.29) is 35.5 Å². The van der Waals surface area contributed by atoms with Crippen LogP contribution >= 0.6 is 0 Å². The third-order valence-electron chi connectivity index (χ3n) is 6.25. The van der Waals surface area contributed by atoms with Crippen molar-refractivity contribution in [3.05, 3.63) is 0 Å². The lowest BCUT2D eigenvalue weighted by molar-refractivity contribution is -0.870. The van der Waals surface area contributed by atoms with Gasteiger partial charge in [-0.3, -0.25) is 4.79 Å². The molecular weight excluding hydrogens is 389 g/mol. The average molecular weight is 421 g/mol. The maximum Gasteiger partial charge on any atom is 0.303 e. The van der Waals surface area contributed by atoms with Crippen molar-refractivity contribution in [2.24, 2.45) is 23.7 Å². The predicted molar refractivity (Wildman–Crippen MR) is 83.7 cm³/mol. The molecule has 0 saturated heterocycles. The van der Waals surface area contributed by atoms with Crippen molar-refractivity contribution >= 4 is 5.97 Å². The summed E-state index contributed by atoms with van der Waals surface area (Å²) in [7, 11) is 6.74. The van der Waals surface area contributed by atoms with Crippen LogP contribution in [0, 0.1) is 23.7 Å². The monoisotopic (exact) mass is 421 g/mol. The van der Waals surface area contributed by atoms with Gasteiger partial charge in [0, 0.05) is 13.3 Å². The van der Waals surface area contributed by atoms with E-state index < -0.39 is 0 Å². The van der Waals surface area contributed by atoms with E-state index >= 15 is 0 Å². The summed E-state index contributed by atoms with van der Waals surface area (Å²) in [5, 5.41) is 0. The number of hydrogen-bond donors (Lipinski definition) is 0. The molecule has 0 atom stereocenters. The van der Waals surface area contributed by atoms with Crippen LogP contribution in [-0.2, 0) is 9.53 Å². The maximum absolute atomic E-state index is 11.8. The van der Waals surface area contributed by atoms with Gasteiger partial charge in [0.2, 0.25) is 0 Å². The van der Waals surface area contributed by atoms with Crippen molar-refractivity contribution in [3.63, 3.8) is 0 Å². The molecule has 3 nitrogen and oxygen atoms in total. The zero-order valence-corrected chi connectivity index (χ0v) is 16.8. The topological polar surface area (TPSA) is 26.3 Å². The minimum absolute atomic E-state index is 0. The Hall–Kier alpha value is 0.160. The second-order valence-electron chi connectivity index (χ2n) is 8.97. The van der Waals surface area contributed by atoms with Gasteiger partial charge in [0.15, 0.2) is 0 Å². The van der Waals surface area contributed by atoms with Crippen LogP contribution in [0.5, 0.6) is 0 Å². The Bertz CT molecular complexity index is 388. The minimum atomic E-state index is -0.117. The van der Waals surface area contributed by atoms with E-state index in [0.29, 0.717) is 11.8 Å². The fraction of sp³-hybridized carbons (Fsp3) is 0.944. The molecule has 128 valence electrons. The fourth-order valence-electron chi connectivity index (χ4n) is 5.71. The summed E-state index contributed by atoms with van der Waals surface area (Å²) in [5.74, 6) is 3.08. The molecular formula is C18H32INO2. The maximum atomic E-state index is 11.8. The van der Waals surface area contributed by atoms with Crippen molar-refractivity contribution in [1.82, 2.24) is 0 Å². The molecule has 0 heterocycles. The van der Waals surface area contributed by atoms with Gasteiger partial charge in [-0.15, -0.1) is 0 Å². The summed E-state index contributed by atoms with van der Waals surface area (Å²) < 4.78 is 7.08. The number of quaternary nitrogens is 1. The van der Waals surface area contributed by atoms with Crippen molar-refractivity contribution in [1.29, 1.82) is 0 Å². The van der Waals surface area contributed by atoms with Crippen LogP contribution < -0.4 is 24.0 Å². The van der Waals surface area contributed by atoms with Gasteiger partial charge in [-0.1, -0.05) is 0 Å². The Labute approximate surface area is 152 Å². The SMILES string of the molecule is CC(=O)OC1(CCC[N+](C)(C)C)C2CC3CC(C2)CC1C3.[I-]. The van der Waals surface area contributed by atoms with Crippen molar-refractivity contribution in [2.75, 3.05) is 27.7 Å². The smallest absolute Gasteiger partial charge is 0.303 e. The molecule has 4 bridgehead atoms. The van der Waals surface area contributed by atoms with Gasteiger partial charge >= 0.3 is 5.97 Å². The summed E-state index contributed by atoms with van der Waals surface area (Å²) >= 11 is 0. The lowest BCUT2D eigenvalue weighted by Crippen LogP contribution is -3.00. The highest BCUT2D eigenvalue weighted by Gasteiger charge is 2.58. The number of carbonyl (C=O) groups excluding carboxylic acids is 1. The van der Waals surface area contributed by atoms with Crippen LogP contribution in [0.25, 0.3) is 0 Å². The number of halogens is 1. The van der Waals surface area contributed by atoms with Crippen molar-refractivity contribution in [2.45, 2.75) is 57.5 Å². The number of rotatable bonds is 5. The summed E-state index contributed by atoms with van der Waals surface area (Å²) in [5.41, 5.74) is -0.117. The highest BCUT2D eigenvalue weighted by atomic mass is 127. The van der Waals surface area contributed by atoms with Crippen LogP contribution in [0.4, 0.5) is 0 Å². The number of hydrogen-bond acceptors (Lipinski definition) is 2. The Morgan fingerprint density at radius 2 is 1.55 bits per heavy atom. The average Bonchev–Trinajstić information content (AvgIpc) is 2.32. The molecule has 4 aliphatic carbocycles. The van der Waals surface area contributed by atoms with E-state index in [2.05, 4.69) is 21.1 Å². The molecule has 0 aromatic rings. The summed E-state index contributed by atoms with van der Waals surface area (Å²) in [4.78, 5) is 11.8. The molecule has 4 heteroatoms. The van der Waals surface area contributed by atoms with Crippen LogP contribution in [0.2, 0.25) is 0 Å². The lowest BCUT2D eigenvalue weighted by atomic mass is 9.49. The van der Waals surface area contributed by atoms with E-state index in [0.717, 1.165) is 29.3 Å². The Kier molecular flexibility index (Phi) is 5.53. The zero-order chi connectivity index (χ0) is 15.3. The minimum Gasteiger partial charge on any atom is -1.00 e. The zero-order valence-electron chi connectivity index (χ0n) is 14.6. The van der Waals surface area contributed by atoms with Gasteiger partial charge in [-0.05, 0) is 62.2 Å². The third kappa shape index (κ3) is 3.63. The second-order valence-corrected chi connectivity index (χ2v) is 8.97. The lowest BCUT2D eigenvalue weighted by Gasteiger charge is -2.60. The molecule has 0 aromatic carbocycles.